The lowest BCUT2D eigenvalue weighted by Crippen LogP contribution is -2.01. The molecule has 0 unspecified atom stereocenters. The van der Waals surface area contributed by atoms with Crippen molar-refractivity contribution in [2.75, 3.05) is 0 Å². The molecule has 0 aliphatic heterocycles. The van der Waals surface area contributed by atoms with Gasteiger partial charge in [0.1, 0.15) is 11.6 Å². The van der Waals surface area contributed by atoms with Crippen molar-refractivity contribution in [3.05, 3.63) is 46.6 Å². The van der Waals surface area contributed by atoms with E-state index in [1.165, 1.54) is 18.3 Å². The third-order valence-corrected chi connectivity index (χ3v) is 2.39. The molecule has 2 aromatic rings. The predicted octanol–water partition coefficient (Wildman–Crippen LogP) is 2.63. The number of nitrogens with two attached hydrogens (primary N) is 1. The fraction of sp³-hybridized carbons (Fsp3) is 0.0909. The lowest BCUT2D eigenvalue weighted by Gasteiger charge is -2.05. The maximum absolute atomic E-state index is 13.1. The fourth-order valence-electron chi connectivity index (χ4n) is 1.24. The van der Waals surface area contributed by atoms with E-state index in [9.17, 15) is 4.39 Å². The highest BCUT2D eigenvalue weighted by Crippen LogP contribution is 2.24. The predicted molar refractivity (Wildman–Crippen MR) is 64.1 cm³/mol. The van der Waals surface area contributed by atoms with Gasteiger partial charge in [0, 0.05) is 23.3 Å². The summed E-state index contributed by atoms with van der Waals surface area (Å²) >= 11 is 3.18. The van der Waals surface area contributed by atoms with Crippen molar-refractivity contribution in [3.8, 4) is 11.6 Å². The van der Waals surface area contributed by atoms with Gasteiger partial charge in [-0.05, 0) is 12.1 Å². The van der Waals surface area contributed by atoms with E-state index < -0.39 is 5.82 Å². The normalized spacial score (nSPS) is 10.3. The number of ether oxygens (including phenoxy) is 1. The molecule has 4 nitrogen and oxygen atoms in total. The summed E-state index contributed by atoms with van der Waals surface area (Å²) < 4.78 is 19.1. The average molecular weight is 298 g/mol. The molecule has 0 aliphatic carbocycles. The molecule has 0 aliphatic rings. The standard InChI is InChI=1S/C11H9BrFN3O/c12-7-1-8(13)3-10(2-7)17-11-6-15-5-9(4-14)16-11/h1-3,5-6H,4,14H2. The van der Waals surface area contributed by atoms with Crippen LogP contribution in [0.3, 0.4) is 0 Å². The molecule has 0 atom stereocenters. The second-order valence-corrected chi connectivity index (χ2v) is 4.18. The van der Waals surface area contributed by atoms with Crippen molar-refractivity contribution in [2.24, 2.45) is 5.73 Å². The van der Waals surface area contributed by atoms with Crippen molar-refractivity contribution in [3.63, 3.8) is 0 Å². The third-order valence-electron chi connectivity index (χ3n) is 1.93. The van der Waals surface area contributed by atoms with Gasteiger partial charge in [-0.2, -0.15) is 0 Å². The van der Waals surface area contributed by atoms with Gasteiger partial charge < -0.3 is 10.5 Å². The molecule has 0 fully saturated rings. The smallest absolute Gasteiger partial charge is 0.238 e. The summed E-state index contributed by atoms with van der Waals surface area (Å²) in [6.45, 7) is 0.275. The SMILES string of the molecule is NCc1cncc(Oc2cc(F)cc(Br)c2)n1. The molecule has 6 heteroatoms. The van der Waals surface area contributed by atoms with Crippen LogP contribution in [0.5, 0.6) is 11.6 Å². The minimum Gasteiger partial charge on any atom is -0.437 e. The summed E-state index contributed by atoms with van der Waals surface area (Å²) in [7, 11) is 0. The van der Waals surface area contributed by atoms with Crippen LogP contribution in [-0.2, 0) is 6.54 Å². The molecule has 2 N–H and O–H groups in total. The molecule has 1 aromatic heterocycles. The maximum atomic E-state index is 13.1. The van der Waals surface area contributed by atoms with Crippen molar-refractivity contribution < 1.29 is 9.13 Å². The van der Waals surface area contributed by atoms with E-state index in [0.29, 0.717) is 15.9 Å². The number of hydrogen-bond acceptors (Lipinski definition) is 4. The van der Waals surface area contributed by atoms with Gasteiger partial charge in [0.2, 0.25) is 5.88 Å². The van der Waals surface area contributed by atoms with Gasteiger partial charge in [-0.25, -0.2) is 9.37 Å². The quantitative estimate of drug-likeness (QED) is 0.946. The van der Waals surface area contributed by atoms with Gasteiger partial charge in [-0.3, -0.25) is 4.98 Å². The van der Waals surface area contributed by atoms with Gasteiger partial charge in [0.25, 0.3) is 0 Å². The molecular weight excluding hydrogens is 289 g/mol. The maximum Gasteiger partial charge on any atom is 0.238 e. The first kappa shape index (κ1) is 11.9. The minimum absolute atomic E-state index is 0.275. The number of rotatable bonds is 3. The molecule has 0 spiro atoms. The van der Waals surface area contributed by atoms with E-state index >= 15 is 0 Å². The second kappa shape index (κ2) is 5.20. The van der Waals surface area contributed by atoms with Crippen LogP contribution in [0, 0.1) is 5.82 Å². The molecule has 0 amide bonds. The van der Waals surface area contributed by atoms with Crippen molar-refractivity contribution in [1.29, 1.82) is 0 Å². The van der Waals surface area contributed by atoms with E-state index in [4.69, 9.17) is 10.5 Å². The van der Waals surface area contributed by atoms with E-state index in [2.05, 4.69) is 25.9 Å². The lowest BCUT2D eigenvalue weighted by molar-refractivity contribution is 0.452. The number of benzene rings is 1. The van der Waals surface area contributed by atoms with Crippen molar-refractivity contribution in [2.45, 2.75) is 6.54 Å². The van der Waals surface area contributed by atoms with Gasteiger partial charge in [0.15, 0.2) is 0 Å². The Kier molecular flexibility index (Phi) is 3.65. The van der Waals surface area contributed by atoms with Gasteiger partial charge >= 0.3 is 0 Å². The van der Waals surface area contributed by atoms with E-state index in [1.807, 2.05) is 0 Å². The Morgan fingerprint density at radius 3 is 2.82 bits per heavy atom. The first-order valence-corrected chi connectivity index (χ1v) is 5.61. The summed E-state index contributed by atoms with van der Waals surface area (Å²) in [5.41, 5.74) is 6.04. The molecule has 0 bridgehead atoms. The van der Waals surface area contributed by atoms with Gasteiger partial charge in [-0.1, -0.05) is 15.9 Å². The van der Waals surface area contributed by atoms with E-state index in [0.717, 1.165) is 0 Å². The molecule has 17 heavy (non-hydrogen) atoms. The van der Waals surface area contributed by atoms with Crippen LogP contribution in [-0.4, -0.2) is 9.97 Å². The average Bonchev–Trinajstić information content (AvgIpc) is 2.28. The number of hydrogen-bond donors (Lipinski definition) is 1. The summed E-state index contributed by atoms with van der Waals surface area (Å²) in [5.74, 6) is 0.239. The Labute approximate surface area is 106 Å². The summed E-state index contributed by atoms with van der Waals surface area (Å²) in [5, 5.41) is 0. The zero-order chi connectivity index (χ0) is 12.3. The molecule has 0 radical (unpaired) electrons. The third kappa shape index (κ3) is 3.21. The summed E-state index contributed by atoms with van der Waals surface area (Å²) in [6, 6.07) is 4.25. The monoisotopic (exact) mass is 297 g/mol. The Hall–Kier alpha value is -1.53. The van der Waals surface area contributed by atoms with Crippen LogP contribution in [0.15, 0.2) is 35.1 Å². The first-order valence-electron chi connectivity index (χ1n) is 4.82. The molecular formula is C11H9BrFN3O. The highest BCUT2D eigenvalue weighted by atomic mass is 79.9. The van der Waals surface area contributed by atoms with Crippen LogP contribution >= 0.6 is 15.9 Å². The van der Waals surface area contributed by atoms with Crippen molar-refractivity contribution in [1.82, 2.24) is 9.97 Å². The Balaban J connectivity index is 2.24. The Bertz CT molecular complexity index is 516. The van der Waals surface area contributed by atoms with Crippen LogP contribution < -0.4 is 10.5 Å². The molecule has 1 heterocycles. The molecule has 0 saturated heterocycles. The van der Waals surface area contributed by atoms with Crippen LogP contribution in [0.4, 0.5) is 4.39 Å². The highest BCUT2D eigenvalue weighted by molar-refractivity contribution is 9.10. The first-order chi connectivity index (χ1) is 8.17. The Morgan fingerprint density at radius 1 is 1.29 bits per heavy atom. The summed E-state index contributed by atoms with van der Waals surface area (Å²) in [4.78, 5) is 8.02. The largest absolute Gasteiger partial charge is 0.437 e. The van der Waals surface area contributed by atoms with E-state index in [1.54, 1.807) is 12.3 Å². The van der Waals surface area contributed by atoms with Crippen LogP contribution in [0.25, 0.3) is 0 Å². The number of aromatic nitrogens is 2. The molecule has 88 valence electrons. The molecule has 0 saturated carbocycles. The lowest BCUT2D eigenvalue weighted by atomic mass is 10.3. The number of nitrogens with zero attached hydrogens (tertiary/aromatic N) is 2. The van der Waals surface area contributed by atoms with Gasteiger partial charge in [-0.15, -0.1) is 0 Å². The minimum atomic E-state index is -0.391. The number of halogens is 2. The molecule has 2 rings (SSSR count). The van der Waals surface area contributed by atoms with E-state index in [-0.39, 0.29) is 12.4 Å². The van der Waals surface area contributed by atoms with Gasteiger partial charge in [0.05, 0.1) is 11.9 Å². The topological polar surface area (TPSA) is 61.0 Å². The zero-order valence-corrected chi connectivity index (χ0v) is 10.3. The van der Waals surface area contributed by atoms with Crippen LogP contribution in [0.2, 0.25) is 0 Å². The fourth-order valence-corrected chi connectivity index (χ4v) is 1.69. The van der Waals surface area contributed by atoms with Crippen LogP contribution in [0.1, 0.15) is 5.69 Å². The second-order valence-electron chi connectivity index (χ2n) is 3.26. The highest BCUT2D eigenvalue weighted by Gasteiger charge is 2.03. The van der Waals surface area contributed by atoms with Crippen molar-refractivity contribution >= 4 is 15.9 Å². The zero-order valence-electron chi connectivity index (χ0n) is 8.73. The molecule has 1 aromatic carbocycles. The Morgan fingerprint density at radius 2 is 2.12 bits per heavy atom. The summed E-state index contributed by atoms with van der Waals surface area (Å²) in [6.07, 6.45) is 2.99.